The number of carbonyl (C=O) groups is 1. The third-order valence-corrected chi connectivity index (χ3v) is 6.22. The van der Waals surface area contributed by atoms with Gasteiger partial charge in [-0.05, 0) is 30.5 Å². The van der Waals surface area contributed by atoms with Gasteiger partial charge in [-0.1, -0.05) is 72.8 Å². The Kier molecular flexibility index (Phi) is 5.47. The second kappa shape index (κ2) is 9.06. The topological polar surface area (TPSA) is 71.3 Å². The molecule has 172 valence electrons. The molecule has 2 aromatic heterocycles. The standard InChI is InChI=1S/C29H25N5O/c35-29(32-24-15-16-24)23-13-11-22(12-14-23)26-18-31-28-27(30-17-20-7-3-1-4-8-20)33-25(19-34(26)28)21-9-5-2-6-10-21/h1-14,18-19,24H,15-17H2,(H,30,33)(H,32,35). The molecule has 0 unspecified atom stereocenters. The Labute approximate surface area is 203 Å². The highest BCUT2D eigenvalue weighted by molar-refractivity contribution is 5.95. The van der Waals surface area contributed by atoms with Gasteiger partial charge in [0.25, 0.3) is 5.91 Å². The predicted molar refractivity (Wildman–Crippen MR) is 138 cm³/mol. The predicted octanol–water partition coefficient (Wildman–Crippen LogP) is 5.57. The van der Waals surface area contributed by atoms with Gasteiger partial charge in [-0.25, -0.2) is 9.97 Å². The van der Waals surface area contributed by atoms with Crippen molar-refractivity contribution in [3.8, 4) is 22.5 Å². The Morgan fingerprint density at radius 3 is 2.31 bits per heavy atom. The molecule has 1 saturated carbocycles. The molecule has 0 saturated heterocycles. The molecule has 0 atom stereocenters. The number of amides is 1. The molecule has 0 aliphatic heterocycles. The molecule has 1 amide bonds. The summed E-state index contributed by atoms with van der Waals surface area (Å²) in [7, 11) is 0. The second-order valence-electron chi connectivity index (χ2n) is 8.84. The summed E-state index contributed by atoms with van der Waals surface area (Å²) in [4.78, 5) is 22.0. The van der Waals surface area contributed by atoms with Gasteiger partial charge in [0, 0.05) is 35.5 Å². The number of carbonyl (C=O) groups excluding carboxylic acids is 1. The van der Waals surface area contributed by atoms with Crippen molar-refractivity contribution in [1.82, 2.24) is 19.7 Å². The highest BCUT2D eigenvalue weighted by Gasteiger charge is 2.23. The average Bonchev–Trinajstić information content (AvgIpc) is 3.63. The van der Waals surface area contributed by atoms with E-state index in [4.69, 9.17) is 9.97 Å². The van der Waals surface area contributed by atoms with Gasteiger partial charge >= 0.3 is 0 Å². The summed E-state index contributed by atoms with van der Waals surface area (Å²) >= 11 is 0. The molecule has 5 aromatic rings. The fourth-order valence-corrected chi connectivity index (χ4v) is 4.14. The van der Waals surface area contributed by atoms with Crippen molar-refractivity contribution in [2.75, 3.05) is 5.32 Å². The lowest BCUT2D eigenvalue weighted by molar-refractivity contribution is 0.0951. The van der Waals surface area contributed by atoms with Gasteiger partial charge in [-0.2, -0.15) is 0 Å². The van der Waals surface area contributed by atoms with E-state index in [1.54, 1.807) is 0 Å². The zero-order valence-electron chi connectivity index (χ0n) is 19.2. The maximum atomic E-state index is 12.4. The van der Waals surface area contributed by atoms with Crippen molar-refractivity contribution in [3.05, 3.63) is 108 Å². The van der Waals surface area contributed by atoms with E-state index in [-0.39, 0.29) is 5.91 Å². The Morgan fingerprint density at radius 2 is 1.60 bits per heavy atom. The first kappa shape index (κ1) is 21.1. The molecule has 6 heteroatoms. The van der Waals surface area contributed by atoms with Crippen LogP contribution >= 0.6 is 0 Å². The number of nitrogens with one attached hydrogen (secondary N) is 2. The Hall–Kier alpha value is -4.45. The summed E-state index contributed by atoms with van der Waals surface area (Å²) in [6.07, 6.45) is 6.03. The molecule has 6 rings (SSSR count). The van der Waals surface area contributed by atoms with Crippen LogP contribution in [0.1, 0.15) is 28.8 Å². The third-order valence-electron chi connectivity index (χ3n) is 6.22. The Bertz CT molecular complexity index is 1470. The van der Waals surface area contributed by atoms with Gasteiger partial charge in [0.15, 0.2) is 11.5 Å². The van der Waals surface area contributed by atoms with Crippen LogP contribution in [0.2, 0.25) is 0 Å². The largest absolute Gasteiger partial charge is 0.363 e. The summed E-state index contributed by atoms with van der Waals surface area (Å²) in [5.74, 6) is 0.710. The molecule has 0 radical (unpaired) electrons. The molecule has 1 aliphatic rings. The zero-order chi connectivity index (χ0) is 23.6. The van der Waals surface area contributed by atoms with E-state index in [9.17, 15) is 4.79 Å². The third kappa shape index (κ3) is 4.51. The number of hydrogen-bond acceptors (Lipinski definition) is 4. The van der Waals surface area contributed by atoms with Gasteiger partial charge in [0.2, 0.25) is 0 Å². The Morgan fingerprint density at radius 1 is 0.886 bits per heavy atom. The highest BCUT2D eigenvalue weighted by Crippen LogP contribution is 2.28. The van der Waals surface area contributed by atoms with Gasteiger partial charge < -0.3 is 10.6 Å². The van der Waals surface area contributed by atoms with Gasteiger partial charge in [0.05, 0.1) is 17.6 Å². The molecular weight excluding hydrogens is 434 g/mol. The van der Waals surface area contributed by atoms with E-state index in [0.29, 0.717) is 18.2 Å². The van der Waals surface area contributed by atoms with Gasteiger partial charge in [-0.15, -0.1) is 0 Å². The number of aromatic nitrogens is 3. The average molecular weight is 460 g/mol. The smallest absolute Gasteiger partial charge is 0.251 e. The van der Waals surface area contributed by atoms with Gasteiger partial charge in [0.1, 0.15) is 0 Å². The number of hydrogen-bond donors (Lipinski definition) is 2. The van der Waals surface area contributed by atoms with E-state index >= 15 is 0 Å². The fourth-order valence-electron chi connectivity index (χ4n) is 4.14. The number of nitrogens with zero attached hydrogens (tertiary/aromatic N) is 3. The lowest BCUT2D eigenvalue weighted by Crippen LogP contribution is -2.25. The molecule has 0 spiro atoms. The Balaban J connectivity index is 1.38. The number of benzene rings is 3. The lowest BCUT2D eigenvalue weighted by Gasteiger charge is -2.12. The van der Waals surface area contributed by atoms with Crippen molar-refractivity contribution in [3.63, 3.8) is 0 Å². The monoisotopic (exact) mass is 459 g/mol. The summed E-state index contributed by atoms with van der Waals surface area (Å²) in [5, 5.41) is 6.52. The van der Waals surface area contributed by atoms with Gasteiger partial charge in [-0.3, -0.25) is 9.20 Å². The normalized spacial score (nSPS) is 13.0. The first-order chi connectivity index (χ1) is 17.2. The quantitative estimate of drug-likeness (QED) is 0.334. The van der Waals surface area contributed by atoms with Crippen LogP contribution in [0.15, 0.2) is 97.3 Å². The summed E-state index contributed by atoms with van der Waals surface area (Å²) in [5.41, 5.74) is 6.41. The van der Waals surface area contributed by atoms with Crippen molar-refractivity contribution in [1.29, 1.82) is 0 Å². The molecule has 6 nitrogen and oxygen atoms in total. The second-order valence-corrected chi connectivity index (χ2v) is 8.84. The van der Waals surface area contributed by atoms with Crippen LogP contribution in [-0.2, 0) is 6.54 Å². The minimum Gasteiger partial charge on any atom is -0.363 e. The van der Waals surface area contributed by atoms with Crippen molar-refractivity contribution in [2.24, 2.45) is 0 Å². The molecule has 2 heterocycles. The number of fused-ring (bicyclic) bond motifs is 1. The summed E-state index contributed by atoms with van der Waals surface area (Å²) in [6, 6.07) is 28.4. The zero-order valence-corrected chi connectivity index (χ0v) is 19.2. The molecule has 3 aromatic carbocycles. The van der Waals surface area contributed by atoms with E-state index in [1.807, 2.05) is 73.1 Å². The maximum absolute atomic E-state index is 12.4. The number of imidazole rings is 1. The van der Waals surface area contributed by atoms with E-state index in [0.717, 1.165) is 46.8 Å². The van der Waals surface area contributed by atoms with Crippen molar-refractivity contribution in [2.45, 2.75) is 25.4 Å². The number of rotatable bonds is 7. The summed E-state index contributed by atoms with van der Waals surface area (Å²) in [6.45, 7) is 0.648. The highest BCUT2D eigenvalue weighted by atomic mass is 16.1. The molecule has 35 heavy (non-hydrogen) atoms. The van der Waals surface area contributed by atoms with Crippen LogP contribution in [0.25, 0.3) is 28.2 Å². The number of anilines is 1. The lowest BCUT2D eigenvalue weighted by atomic mass is 10.1. The van der Waals surface area contributed by atoms with Crippen LogP contribution in [0.4, 0.5) is 5.82 Å². The summed E-state index contributed by atoms with van der Waals surface area (Å²) < 4.78 is 2.07. The van der Waals surface area contributed by atoms with Crippen molar-refractivity contribution >= 4 is 17.4 Å². The first-order valence-electron chi connectivity index (χ1n) is 11.9. The van der Waals surface area contributed by atoms with E-state index in [1.165, 1.54) is 5.56 Å². The van der Waals surface area contributed by atoms with Crippen LogP contribution < -0.4 is 10.6 Å². The fraction of sp³-hybridized carbons (Fsp3) is 0.138. The first-order valence-corrected chi connectivity index (χ1v) is 11.9. The molecule has 1 fully saturated rings. The van der Waals surface area contributed by atoms with E-state index in [2.05, 4.69) is 39.3 Å². The van der Waals surface area contributed by atoms with Crippen molar-refractivity contribution < 1.29 is 4.79 Å². The van der Waals surface area contributed by atoms with E-state index < -0.39 is 0 Å². The maximum Gasteiger partial charge on any atom is 0.251 e. The molecule has 1 aliphatic carbocycles. The van der Waals surface area contributed by atoms with Crippen LogP contribution in [0, 0.1) is 0 Å². The minimum absolute atomic E-state index is 0.0137. The van der Waals surface area contributed by atoms with Crippen LogP contribution in [-0.4, -0.2) is 26.3 Å². The molecule has 0 bridgehead atoms. The SMILES string of the molecule is O=C(NC1CC1)c1ccc(-c2cnc3c(NCc4ccccc4)nc(-c4ccccc4)cn23)cc1. The molecular formula is C29H25N5O. The molecule has 2 N–H and O–H groups in total. The van der Waals surface area contributed by atoms with Crippen LogP contribution in [0.3, 0.4) is 0 Å². The van der Waals surface area contributed by atoms with Crippen LogP contribution in [0.5, 0.6) is 0 Å². The minimum atomic E-state index is -0.0137.